The molecule has 0 amide bonds. The van der Waals surface area contributed by atoms with E-state index in [9.17, 15) is 13.2 Å². The predicted octanol–water partition coefficient (Wildman–Crippen LogP) is 3.27. The lowest BCUT2D eigenvalue weighted by Gasteiger charge is -2.08. The molecular formula is C13H18F3NO. The van der Waals surface area contributed by atoms with Crippen LogP contribution in [0.5, 0.6) is 0 Å². The van der Waals surface area contributed by atoms with Crippen LogP contribution in [0.4, 0.5) is 13.2 Å². The van der Waals surface area contributed by atoms with E-state index in [2.05, 4.69) is 5.32 Å². The second-order valence-corrected chi connectivity index (χ2v) is 4.15. The molecule has 0 spiro atoms. The molecular weight excluding hydrogens is 243 g/mol. The predicted molar refractivity (Wildman–Crippen MR) is 64.2 cm³/mol. The van der Waals surface area contributed by atoms with Crippen LogP contribution >= 0.6 is 0 Å². The summed E-state index contributed by atoms with van der Waals surface area (Å²) in [5.41, 5.74) is 2.14. The monoisotopic (exact) mass is 261 g/mol. The Balaban J connectivity index is 2.19. The second-order valence-electron chi connectivity index (χ2n) is 4.15. The molecule has 0 atom stereocenters. The van der Waals surface area contributed by atoms with Crippen molar-refractivity contribution in [3.8, 4) is 0 Å². The van der Waals surface area contributed by atoms with Gasteiger partial charge in [-0.15, -0.1) is 0 Å². The molecule has 1 N–H and O–H groups in total. The van der Waals surface area contributed by atoms with E-state index in [1.807, 2.05) is 24.3 Å². The van der Waals surface area contributed by atoms with E-state index in [0.29, 0.717) is 19.7 Å². The maximum Gasteiger partial charge on any atom is 0.389 e. The van der Waals surface area contributed by atoms with Gasteiger partial charge in [-0.05, 0) is 24.1 Å². The Morgan fingerprint density at radius 2 is 1.72 bits per heavy atom. The Bertz CT molecular complexity index is 335. The lowest BCUT2D eigenvalue weighted by atomic mass is 10.1. The molecule has 0 unspecified atom stereocenters. The number of rotatable bonds is 7. The molecule has 0 aromatic heterocycles. The van der Waals surface area contributed by atoms with Crippen LogP contribution in [0.2, 0.25) is 0 Å². The zero-order valence-corrected chi connectivity index (χ0v) is 10.4. The van der Waals surface area contributed by atoms with E-state index in [0.717, 1.165) is 11.1 Å². The van der Waals surface area contributed by atoms with Crippen molar-refractivity contribution in [1.82, 2.24) is 5.32 Å². The highest BCUT2D eigenvalue weighted by atomic mass is 19.4. The molecule has 0 radical (unpaired) electrons. The lowest BCUT2D eigenvalue weighted by Crippen LogP contribution is -2.17. The maximum atomic E-state index is 11.9. The van der Waals surface area contributed by atoms with Crippen LogP contribution in [0.3, 0.4) is 0 Å². The quantitative estimate of drug-likeness (QED) is 0.761. The number of hydrogen-bond donors (Lipinski definition) is 1. The SMILES string of the molecule is COCc1ccc(CNCCCC(F)(F)F)cc1. The third-order valence-electron chi connectivity index (χ3n) is 2.48. The Labute approximate surface area is 105 Å². The lowest BCUT2D eigenvalue weighted by molar-refractivity contribution is -0.135. The molecule has 0 fully saturated rings. The number of nitrogens with one attached hydrogen (secondary N) is 1. The first-order valence-corrected chi connectivity index (χ1v) is 5.85. The summed E-state index contributed by atoms with van der Waals surface area (Å²) < 4.78 is 40.6. The third kappa shape index (κ3) is 6.61. The molecule has 0 aliphatic heterocycles. The number of halogens is 3. The van der Waals surface area contributed by atoms with Crippen LogP contribution < -0.4 is 5.32 Å². The molecule has 0 bridgehead atoms. The molecule has 0 heterocycles. The van der Waals surface area contributed by atoms with Gasteiger partial charge in [0.2, 0.25) is 0 Å². The minimum atomic E-state index is -4.05. The Kier molecular flexibility index (Phi) is 6.15. The normalized spacial score (nSPS) is 11.8. The molecule has 0 saturated heterocycles. The zero-order valence-electron chi connectivity index (χ0n) is 10.4. The molecule has 5 heteroatoms. The van der Waals surface area contributed by atoms with Crippen LogP contribution in [0, 0.1) is 0 Å². The van der Waals surface area contributed by atoms with Gasteiger partial charge < -0.3 is 10.1 Å². The smallest absolute Gasteiger partial charge is 0.380 e. The van der Waals surface area contributed by atoms with Crippen LogP contribution in [-0.2, 0) is 17.9 Å². The highest BCUT2D eigenvalue weighted by Gasteiger charge is 2.25. The molecule has 0 aliphatic carbocycles. The molecule has 0 saturated carbocycles. The second kappa shape index (κ2) is 7.38. The fourth-order valence-electron chi connectivity index (χ4n) is 1.57. The Morgan fingerprint density at radius 3 is 2.28 bits per heavy atom. The summed E-state index contributed by atoms with van der Waals surface area (Å²) in [6.45, 7) is 1.53. The highest BCUT2D eigenvalue weighted by molar-refractivity contribution is 5.21. The van der Waals surface area contributed by atoms with Crippen molar-refractivity contribution in [2.75, 3.05) is 13.7 Å². The number of benzene rings is 1. The van der Waals surface area contributed by atoms with Gasteiger partial charge in [0, 0.05) is 20.1 Å². The van der Waals surface area contributed by atoms with Gasteiger partial charge in [0.05, 0.1) is 6.61 Å². The molecule has 1 rings (SSSR count). The standard InChI is InChI=1S/C13H18F3NO/c1-18-10-12-5-3-11(4-6-12)9-17-8-2-7-13(14,15)16/h3-6,17H,2,7-10H2,1H3. The average molecular weight is 261 g/mol. The van der Waals surface area contributed by atoms with E-state index < -0.39 is 12.6 Å². The van der Waals surface area contributed by atoms with Crippen LogP contribution in [0.15, 0.2) is 24.3 Å². The molecule has 18 heavy (non-hydrogen) atoms. The number of hydrogen-bond acceptors (Lipinski definition) is 2. The van der Waals surface area contributed by atoms with Gasteiger partial charge in [-0.2, -0.15) is 13.2 Å². The average Bonchev–Trinajstić information content (AvgIpc) is 2.30. The molecule has 0 aliphatic rings. The number of methoxy groups -OCH3 is 1. The van der Waals surface area contributed by atoms with E-state index >= 15 is 0 Å². The van der Waals surface area contributed by atoms with Gasteiger partial charge in [0.25, 0.3) is 0 Å². The largest absolute Gasteiger partial charge is 0.389 e. The van der Waals surface area contributed by atoms with Crippen molar-refractivity contribution in [3.05, 3.63) is 35.4 Å². The Hall–Kier alpha value is -1.07. The van der Waals surface area contributed by atoms with E-state index in [1.165, 1.54) is 0 Å². The van der Waals surface area contributed by atoms with Crippen molar-refractivity contribution < 1.29 is 17.9 Å². The molecule has 102 valence electrons. The van der Waals surface area contributed by atoms with Crippen molar-refractivity contribution in [2.24, 2.45) is 0 Å². The van der Waals surface area contributed by atoms with Crippen LogP contribution in [0.1, 0.15) is 24.0 Å². The topological polar surface area (TPSA) is 21.3 Å². The van der Waals surface area contributed by atoms with Gasteiger partial charge >= 0.3 is 6.18 Å². The van der Waals surface area contributed by atoms with Gasteiger partial charge in [-0.3, -0.25) is 0 Å². The van der Waals surface area contributed by atoms with Crippen molar-refractivity contribution in [2.45, 2.75) is 32.2 Å². The summed E-state index contributed by atoms with van der Waals surface area (Å²) in [6.07, 6.45) is -4.67. The van der Waals surface area contributed by atoms with Crippen molar-refractivity contribution in [1.29, 1.82) is 0 Å². The highest BCUT2D eigenvalue weighted by Crippen LogP contribution is 2.20. The van der Waals surface area contributed by atoms with Crippen molar-refractivity contribution >= 4 is 0 Å². The summed E-state index contributed by atoms with van der Waals surface area (Å²) in [5, 5.41) is 2.99. The summed E-state index contributed by atoms with van der Waals surface area (Å²) in [6, 6.07) is 7.81. The fourth-order valence-corrected chi connectivity index (χ4v) is 1.57. The molecule has 1 aromatic carbocycles. The van der Waals surface area contributed by atoms with Gasteiger partial charge in [-0.25, -0.2) is 0 Å². The first-order valence-electron chi connectivity index (χ1n) is 5.85. The number of ether oxygens (including phenoxy) is 1. The molecule has 1 aromatic rings. The zero-order chi connectivity index (χ0) is 13.4. The fraction of sp³-hybridized carbons (Fsp3) is 0.538. The Morgan fingerprint density at radius 1 is 1.11 bits per heavy atom. The third-order valence-corrected chi connectivity index (χ3v) is 2.48. The summed E-state index contributed by atoms with van der Waals surface area (Å²) >= 11 is 0. The van der Waals surface area contributed by atoms with Gasteiger partial charge in [0.15, 0.2) is 0 Å². The summed E-state index contributed by atoms with van der Waals surface area (Å²) in [7, 11) is 1.64. The van der Waals surface area contributed by atoms with Crippen LogP contribution in [-0.4, -0.2) is 19.8 Å². The van der Waals surface area contributed by atoms with E-state index in [1.54, 1.807) is 7.11 Å². The maximum absolute atomic E-state index is 11.9. The minimum absolute atomic E-state index is 0.116. The van der Waals surface area contributed by atoms with Crippen LogP contribution in [0.25, 0.3) is 0 Å². The minimum Gasteiger partial charge on any atom is -0.380 e. The molecule has 2 nitrogen and oxygen atoms in total. The first-order chi connectivity index (χ1) is 8.51. The van der Waals surface area contributed by atoms with Gasteiger partial charge in [-0.1, -0.05) is 24.3 Å². The van der Waals surface area contributed by atoms with Gasteiger partial charge in [0.1, 0.15) is 0 Å². The number of alkyl halides is 3. The summed E-state index contributed by atoms with van der Waals surface area (Å²) in [4.78, 5) is 0. The van der Waals surface area contributed by atoms with E-state index in [-0.39, 0.29) is 6.42 Å². The van der Waals surface area contributed by atoms with Crippen molar-refractivity contribution in [3.63, 3.8) is 0 Å². The first kappa shape index (κ1) is 15.0. The summed E-state index contributed by atoms with van der Waals surface area (Å²) in [5.74, 6) is 0. The van der Waals surface area contributed by atoms with E-state index in [4.69, 9.17) is 4.74 Å².